The van der Waals surface area contributed by atoms with Crippen LogP contribution in [0.5, 0.6) is 0 Å². The predicted octanol–water partition coefficient (Wildman–Crippen LogP) is 2.41. The highest BCUT2D eigenvalue weighted by atomic mass is 35.5. The van der Waals surface area contributed by atoms with E-state index in [9.17, 15) is 15.0 Å². The molecule has 25 heavy (non-hydrogen) atoms. The molecule has 6 nitrogen and oxygen atoms in total. The SMILES string of the molecule is CO[C@H]1C[C@@](O)(C(C)NC(=O)/C(C)=C(\Cl)C(Cl)=C(C)C)[C@H](O)[C@@H](C)O1. The molecule has 0 aromatic carbocycles. The Kier molecular flexibility index (Phi) is 7.93. The number of allylic oxidation sites excluding steroid dienone is 3. The van der Waals surface area contributed by atoms with E-state index in [-0.39, 0.29) is 17.0 Å². The van der Waals surface area contributed by atoms with Crippen LogP contribution in [-0.2, 0) is 14.3 Å². The summed E-state index contributed by atoms with van der Waals surface area (Å²) in [5.41, 5.74) is -0.607. The van der Waals surface area contributed by atoms with E-state index in [4.69, 9.17) is 32.7 Å². The van der Waals surface area contributed by atoms with Crippen molar-refractivity contribution in [1.29, 1.82) is 0 Å². The molecule has 1 saturated heterocycles. The van der Waals surface area contributed by atoms with Crippen molar-refractivity contribution in [2.24, 2.45) is 0 Å². The zero-order valence-electron chi connectivity index (χ0n) is 15.4. The van der Waals surface area contributed by atoms with E-state index in [1.165, 1.54) is 7.11 Å². The van der Waals surface area contributed by atoms with Gasteiger partial charge in [0.05, 0.1) is 22.2 Å². The number of ether oxygens (including phenoxy) is 2. The Morgan fingerprint density at radius 3 is 2.36 bits per heavy atom. The van der Waals surface area contributed by atoms with Crippen LogP contribution < -0.4 is 5.32 Å². The highest BCUT2D eigenvalue weighted by molar-refractivity contribution is 6.45. The van der Waals surface area contributed by atoms with Gasteiger partial charge in [0.1, 0.15) is 11.7 Å². The summed E-state index contributed by atoms with van der Waals surface area (Å²) in [5.74, 6) is -0.481. The van der Waals surface area contributed by atoms with Gasteiger partial charge in [0.2, 0.25) is 5.91 Å². The van der Waals surface area contributed by atoms with Gasteiger partial charge in [-0.2, -0.15) is 0 Å². The summed E-state index contributed by atoms with van der Waals surface area (Å²) in [6.45, 7) is 8.35. The van der Waals surface area contributed by atoms with Crippen molar-refractivity contribution >= 4 is 29.1 Å². The van der Waals surface area contributed by atoms with Crippen LogP contribution >= 0.6 is 23.2 Å². The molecule has 5 atom stereocenters. The van der Waals surface area contributed by atoms with Crippen LogP contribution in [0, 0.1) is 0 Å². The molecule has 144 valence electrons. The van der Waals surface area contributed by atoms with Crippen LogP contribution in [0.3, 0.4) is 0 Å². The summed E-state index contributed by atoms with van der Waals surface area (Å²) in [5, 5.41) is 24.4. The fourth-order valence-electron chi connectivity index (χ4n) is 2.64. The van der Waals surface area contributed by atoms with Crippen LogP contribution in [0.4, 0.5) is 0 Å². The Morgan fingerprint density at radius 2 is 1.88 bits per heavy atom. The molecule has 0 spiro atoms. The van der Waals surface area contributed by atoms with Gasteiger partial charge in [-0.15, -0.1) is 0 Å². The molecule has 1 fully saturated rings. The summed E-state index contributed by atoms with van der Waals surface area (Å²) >= 11 is 12.2. The third-order valence-corrected chi connectivity index (χ3v) is 5.61. The molecule has 0 saturated carbocycles. The van der Waals surface area contributed by atoms with Gasteiger partial charge in [-0.05, 0) is 34.6 Å². The van der Waals surface area contributed by atoms with E-state index in [0.717, 1.165) is 5.57 Å². The molecule has 0 aromatic rings. The highest BCUT2D eigenvalue weighted by Crippen LogP contribution is 2.33. The lowest BCUT2D eigenvalue weighted by Gasteiger charge is -2.46. The number of aliphatic hydroxyl groups excluding tert-OH is 1. The second kappa shape index (κ2) is 8.84. The van der Waals surface area contributed by atoms with Gasteiger partial charge in [0.15, 0.2) is 6.29 Å². The number of hydrogen-bond acceptors (Lipinski definition) is 5. The number of rotatable bonds is 5. The van der Waals surface area contributed by atoms with Crippen molar-refractivity contribution in [2.45, 2.75) is 71.2 Å². The van der Waals surface area contributed by atoms with Gasteiger partial charge < -0.3 is 25.0 Å². The molecule has 0 radical (unpaired) electrons. The second-order valence-electron chi connectivity index (χ2n) is 6.59. The van der Waals surface area contributed by atoms with Crippen LogP contribution in [0.2, 0.25) is 0 Å². The van der Waals surface area contributed by atoms with E-state index >= 15 is 0 Å². The molecule has 0 aromatic heterocycles. The first kappa shape index (κ1) is 22.4. The first-order chi connectivity index (χ1) is 11.5. The Morgan fingerprint density at radius 1 is 1.32 bits per heavy atom. The molecule has 0 aliphatic carbocycles. The van der Waals surface area contributed by atoms with Gasteiger partial charge in [-0.1, -0.05) is 28.8 Å². The molecule has 8 heteroatoms. The van der Waals surface area contributed by atoms with Gasteiger partial charge >= 0.3 is 0 Å². The van der Waals surface area contributed by atoms with E-state index in [0.29, 0.717) is 5.03 Å². The molecule has 0 bridgehead atoms. The molecular weight excluding hydrogens is 369 g/mol. The Bertz CT molecular complexity index is 573. The van der Waals surface area contributed by atoms with Crippen LogP contribution in [-0.4, -0.2) is 53.4 Å². The summed E-state index contributed by atoms with van der Waals surface area (Å²) in [6.07, 6.45) is -2.50. The first-order valence-corrected chi connectivity index (χ1v) is 8.80. The Hall–Kier alpha value is -0.630. The quantitative estimate of drug-likeness (QED) is 0.491. The largest absolute Gasteiger partial charge is 0.387 e. The summed E-state index contributed by atoms with van der Waals surface area (Å²) in [6, 6.07) is -0.774. The average Bonchev–Trinajstić information content (AvgIpc) is 2.56. The number of methoxy groups -OCH3 is 1. The number of carbonyl (C=O) groups is 1. The number of carbonyl (C=O) groups excluding carboxylic acids is 1. The first-order valence-electron chi connectivity index (χ1n) is 8.05. The fourth-order valence-corrected chi connectivity index (χ4v) is 3.06. The van der Waals surface area contributed by atoms with Crippen LogP contribution in [0.1, 0.15) is 41.0 Å². The molecule has 3 N–H and O–H groups in total. The standard InChI is InChI=1S/C17H27Cl2NO5/c1-8(2)13(18)14(19)9(3)16(22)20-11(5)17(23)7-12(24-6)25-10(4)15(17)21/h10-12,15,21,23H,7H2,1-6H3,(H,20,22)/b14-9-/t10-,11?,12-,15-,17-/m1/s1. The lowest BCUT2D eigenvalue weighted by atomic mass is 9.81. The third kappa shape index (κ3) is 4.96. The summed E-state index contributed by atoms with van der Waals surface area (Å²) < 4.78 is 10.6. The molecule has 1 amide bonds. The van der Waals surface area contributed by atoms with Gasteiger partial charge in [-0.3, -0.25) is 4.79 Å². The molecule has 1 aliphatic heterocycles. The van der Waals surface area contributed by atoms with Crippen molar-refractivity contribution in [3.63, 3.8) is 0 Å². The third-order valence-electron chi connectivity index (χ3n) is 4.48. The average molecular weight is 396 g/mol. The number of hydrogen-bond donors (Lipinski definition) is 3. The summed E-state index contributed by atoms with van der Waals surface area (Å²) in [4.78, 5) is 12.5. The normalized spacial score (nSPS) is 31.8. The van der Waals surface area contributed by atoms with Crippen molar-refractivity contribution < 1.29 is 24.5 Å². The summed E-state index contributed by atoms with van der Waals surface area (Å²) in [7, 11) is 1.45. The number of aliphatic hydroxyl groups is 2. The zero-order chi connectivity index (χ0) is 19.5. The van der Waals surface area contributed by atoms with Crippen LogP contribution in [0.25, 0.3) is 0 Å². The van der Waals surface area contributed by atoms with E-state index < -0.39 is 36.0 Å². The molecule has 1 rings (SSSR count). The van der Waals surface area contributed by atoms with Gasteiger partial charge in [0, 0.05) is 19.1 Å². The topological polar surface area (TPSA) is 88.0 Å². The number of nitrogens with one attached hydrogen (secondary N) is 1. The Labute approximate surface area is 158 Å². The maximum absolute atomic E-state index is 12.5. The van der Waals surface area contributed by atoms with E-state index in [1.807, 2.05) is 0 Å². The minimum absolute atomic E-state index is 0.0156. The number of halogens is 2. The smallest absolute Gasteiger partial charge is 0.248 e. The van der Waals surface area contributed by atoms with Crippen LogP contribution in [0.15, 0.2) is 21.2 Å². The van der Waals surface area contributed by atoms with Gasteiger partial charge in [-0.25, -0.2) is 0 Å². The zero-order valence-corrected chi connectivity index (χ0v) is 16.9. The lowest BCUT2D eigenvalue weighted by molar-refractivity contribution is -0.275. The molecular formula is C17H27Cl2NO5. The minimum Gasteiger partial charge on any atom is -0.387 e. The van der Waals surface area contributed by atoms with Gasteiger partial charge in [0.25, 0.3) is 0 Å². The van der Waals surface area contributed by atoms with E-state index in [2.05, 4.69) is 5.32 Å². The second-order valence-corrected chi connectivity index (χ2v) is 7.35. The van der Waals surface area contributed by atoms with Crippen molar-refractivity contribution in [3.05, 3.63) is 21.2 Å². The Balaban J connectivity index is 3.00. The molecule has 1 aliphatic rings. The molecule has 1 heterocycles. The lowest BCUT2D eigenvalue weighted by Crippen LogP contribution is -2.65. The van der Waals surface area contributed by atoms with Crippen molar-refractivity contribution in [3.8, 4) is 0 Å². The highest BCUT2D eigenvalue weighted by Gasteiger charge is 2.50. The monoisotopic (exact) mass is 395 g/mol. The van der Waals surface area contributed by atoms with Crippen molar-refractivity contribution in [1.82, 2.24) is 5.32 Å². The fraction of sp³-hybridized carbons (Fsp3) is 0.706. The minimum atomic E-state index is -1.61. The van der Waals surface area contributed by atoms with E-state index in [1.54, 1.807) is 34.6 Å². The maximum atomic E-state index is 12.5. The predicted molar refractivity (Wildman–Crippen MR) is 97.3 cm³/mol. The number of amides is 1. The maximum Gasteiger partial charge on any atom is 0.248 e. The van der Waals surface area contributed by atoms with Crippen molar-refractivity contribution in [2.75, 3.05) is 7.11 Å². The molecule has 1 unspecified atom stereocenters.